The molecule has 0 saturated heterocycles. The van der Waals surface area contributed by atoms with Crippen molar-refractivity contribution in [2.75, 3.05) is 0 Å². The number of hydrogen-bond acceptors (Lipinski definition) is 4. The van der Waals surface area contributed by atoms with E-state index in [-0.39, 0.29) is 5.82 Å². The van der Waals surface area contributed by atoms with Crippen LogP contribution in [0.1, 0.15) is 43.9 Å². The summed E-state index contributed by atoms with van der Waals surface area (Å²) in [6, 6.07) is 13.5. The fraction of sp³-hybridized carbons (Fsp3) is 0.261. The minimum Gasteiger partial charge on any atom is -0.386 e. The maximum atomic E-state index is 14.4. The Balaban J connectivity index is 1.56. The fourth-order valence-electron chi connectivity index (χ4n) is 3.54. The van der Waals surface area contributed by atoms with Gasteiger partial charge in [0.1, 0.15) is 5.82 Å². The first kappa shape index (κ1) is 17.9. The molecule has 1 aliphatic carbocycles. The molecule has 0 aliphatic heterocycles. The summed E-state index contributed by atoms with van der Waals surface area (Å²) in [5.74, 6) is 0.549. The maximum Gasteiger partial charge on any atom is 0.251 e. The third-order valence-electron chi connectivity index (χ3n) is 5.33. The molecule has 0 amide bonds. The summed E-state index contributed by atoms with van der Waals surface area (Å²) < 4.78 is 16.1. The third kappa shape index (κ3) is 3.19. The molecule has 6 heteroatoms. The molecule has 2 aromatic carbocycles. The van der Waals surface area contributed by atoms with Gasteiger partial charge in [-0.3, -0.25) is 0 Å². The Morgan fingerprint density at radius 1 is 1.17 bits per heavy atom. The zero-order chi connectivity index (χ0) is 20.2. The third-order valence-corrected chi connectivity index (χ3v) is 5.33. The van der Waals surface area contributed by atoms with E-state index in [0.717, 1.165) is 29.4 Å². The summed E-state index contributed by atoms with van der Waals surface area (Å²) in [6.07, 6.45) is 5.49. The minimum atomic E-state index is -1.06. The van der Waals surface area contributed by atoms with Gasteiger partial charge in [-0.25, -0.2) is 14.4 Å². The van der Waals surface area contributed by atoms with Crippen LogP contribution in [-0.2, 0) is 5.60 Å². The number of aromatic nitrogens is 4. The van der Waals surface area contributed by atoms with E-state index in [4.69, 9.17) is 5.10 Å². The molecular formula is C23H20FN4O. The Hall–Kier alpha value is -3.12. The van der Waals surface area contributed by atoms with Crippen LogP contribution in [0.25, 0.3) is 28.0 Å². The van der Waals surface area contributed by atoms with Gasteiger partial charge in [-0.1, -0.05) is 18.2 Å². The molecule has 5 rings (SSSR count). The van der Waals surface area contributed by atoms with Crippen LogP contribution in [0.2, 0.25) is 0 Å². The maximum absolute atomic E-state index is 14.4. The van der Waals surface area contributed by atoms with Gasteiger partial charge in [0.2, 0.25) is 0 Å². The number of hydrogen-bond donors (Lipinski definition) is 1. The van der Waals surface area contributed by atoms with Crippen LogP contribution in [0.4, 0.5) is 4.39 Å². The first-order chi connectivity index (χ1) is 13.9. The molecule has 0 unspecified atom stereocenters. The van der Waals surface area contributed by atoms with Gasteiger partial charge in [0.05, 0.1) is 16.8 Å². The highest BCUT2D eigenvalue weighted by Gasteiger charge is 2.29. The monoisotopic (exact) mass is 387 g/mol. The molecule has 0 bridgehead atoms. The molecule has 5 nitrogen and oxygen atoms in total. The first-order valence-electron chi connectivity index (χ1n) is 9.66. The van der Waals surface area contributed by atoms with Crippen molar-refractivity contribution < 1.29 is 9.50 Å². The Bertz CT molecular complexity index is 1200. The molecular weight excluding hydrogens is 367 g/mol. The lowest BCUT2D eigenvalue weighted by atomic mass is 9.95. The molecule has 1 fully saturated rings. The highest BCUT2D eigenvalue weighted by molar-refractivity contribution is 5.83. The number of nitrogens with zero attached hydrogens (tertiary/aromatic N) is 4. The molecule has 1 saturated carbocycles. The van der Waals surface area contributed by atoms with Crippen molar-refractivity contribution in [1.82, 2.24) is 19.7 Å². The second-order valence-electron chi connectivity index (χ2n) is 8.04. The highest BCUT2D eigenvalue weighted by Crippen LogP contribution is 2.42. The Morgan fingerprint density at radius 3 is 2.62 bits per heavy atom. The lowest BCUT2D eigenvalue weighted by Crippen LogP contribution is -2.15. The molecule has 1 aliphatic rings. The topological polar surface area (TPSA) is 63.8 Å². The predicted molar refractivity (Wildman–Crippen MR) is 108 cm³/mol. The largest absolute Gasteiger partial charge is 0.386 e. The van der Waals surface area contributed by atoms with Gasteiger partial charge in [-0.05, 0) is 56.5 Å². The van der Waals surface area contributed by atoms with E-state index in [9.17, 15) is 9.50 Å². The number of aliphatic hydroxyl groups is 1. The van der Waals surface area contributed by atoms with Crippen molar-refractivity contribution in [3.63, 3.8) is 0 Å². The molecule has 2 aromatic heterocycles. The predicted octanol–water partition coefficient (Wildman–Crippen LogP) is 4.53. The second-order valence-corrected chi connectivity index (χ2v) is 8.04. The lowest BCUT2D eigenvalue weighted by molar-refractivity contribution is 0.0786. The lowest BCUT2D eigenvalue weighted by Gasteiger charge is -2.19. The number of fused-ring (bicyclic) bond motifs is 1. The minimum absolute atomic E-state index is 0.355. The van der Waals surface area contributed by atoms with Crippen molar-refractivity contribution in [2.45, 2.75) is 38.2 Å². The zero-order valence-electron chi connectivity index (χ0n) is 16.2. The first-order valence-corrected chi connectivity index (χ1v) is 9.66. The van der Waals surface area contributed by atoms with Gasteiger partial charge < -0.3 is 5.11 Å². The zero-order valence-corrected chi connectivity index (χ0v) is 16.2. The summed E-state index contributed by atoms with van der Waals surface area (Å²) in [6.45, 7) is 3.34. The summed E-state index contributed by atoms with van der Waals surface area (Å²) in [7, 11) is 0. The van der Waals surface area contributed by atoms with E-state index in [1.807, 2.05) is 18.2 Å². The van der Waals surface area contributed by atoms with E-state index in [2.05, 4.69) is 16.0 Å². The van der Waals surface area contributed by atoms with Crippen molar-refractivity contribution in [2.24, 2.45) is 0 Å². The molecule has 0 atom stereocenters. The number of rotatable bonds is 4. The summed E-state index contributed by atoms with van der Waals surface area (Å²) in [5, 5.41) is 16.1. The second kappa shape index (κ2) is 6.46. The standard InChI is InChI=1S/C23H20FN4O/c1-23(2,29)16-9-10-19(24)18(11-16)15-12-25-22(26-13-15)28-20-6-4-3-5-17(20)21(27-28)14-7-8-14/h3,5-6,9-14,29H,7-8H2,1-2H3. The molecule has 145 valence electrons. The Morgan fingerprint density at radius 2 is 1.93 bits per heavy atom. The normalized spacial score (nSPS) is 14.5. The summed E-state index contributed by atoms with van der Waals surface area (Å²) >= 11 is 0. The fourth-order valence-corrected chi connectivity index (χ4v) is 3.54. The van der Waals surface area contributed by atoms with Crippen LogP contribution in [0.15, 0.2) is 48.8 Å². The van der Waals surface area contributed by atoms with Crippen molar-refractivity contribution >= 4 is 10.9 Å². The van der Waals surface area contributed by atoms with Crippen LogP contribution < -0.4 is 0 Å². The summed E-state index contributed by atoms with van der Waals surface area (Å²) in [4.78, 5) is 8.90. The van der Waals surface area contributed by atoms with Gasteiger partial charge in [0.25, 0.3) is 5.95 Å². The SMILES string of the molecule is CC(C)(O)c1ccc(F)c(-c2cnc(-n3nc(C4CC4)c4cc[c]cc43)nc2)c1. The van der Waals surface area contributed by atoms with Crippen LogP contribution >= 0.6 is 0 Å². The smallest absolute Gasteiger partial charge is 0.251 e. The van der Waals surface area contributed by atoms with Gasteiger partial charge >= 0.3 is 0 Å². The molecule has 29 heavy (non-hydrogen) atoms. The van der Waals surface area contributed by atoms with Crippen molar-refractivity contribution in [3.8, 4) is 17.1 Å². The van der Waals surface area contributed by atoms with E-state index in [0.29, 0.717) is 28.6 Å². The van der Waals surface area contributed by atoms with Crippen molar-refractivity contribution in [3.05, 3.63) is 71.9 Å². The van der Waals surface area contributed by atoms with Crippen molar-refractivity contribution in [1.29, 1.82) is 0 Å². The Kier molecular flexibility index (Phi) is 3.99. The number of halogens is 1. The highest BCUT2D eigenvalue weighted by atomic mass is 19.1. The quantitative estimate of drug-likeness (QED) is 0.559. The Labute approximate surface area is 167 Å². The van der Waals surface area contributed by atoms with Crippen LogP contribution in [0.5, 0.6) is 0 Å². The van der Waals surface area contributed by atoms with E-state index in [1.54, 1.807) is 43.1 Å². The molecule has 2 heterocycles. The molecule has 1 N–H and O–H groups in total. The van der Waals surface area contributed by atoms with E-state index >= 15 is 0 Å². The van der Waals surface area contributed by atoms with Gasteiger partial charge in [0, 0.05) is 34.8 Å². The van der Waals surface area contributed by atoms with Crippen LogP contribution in [-0.4, -0.2) is 24.9 Å². The van der Waals surface area contributed by atoms with Gasteiger partial charge in [-0.2, -0.15) is 9.78 Å². The van der Waals surface area contributed by atoms with E-state index < -0.39 is 5.60 Å². The number of benzene rings is 2. The average molecular weight is 387 g/mol. The van der Waals surface area contributed by atoms with Gasteiger partial charge in [0.15, 0.2) is 0 Å². The molecule has 4 aromatic rings. The molecule has 1 radical (unpaired) electrons. The summed E-state index contributed by atoms with van der Waals surface area (Å²) in [5.41, 5.74) is 2.45. The molecule has 0 spiro atoms. The van der Waals surface area contributed by atoms with E-state index in [1.165, 1.54) is 6.07 Å². The van der Waals surface area contributed by atoms with Gasteiger partial charge in [-0.15, -0.1) is 0 Å². The average Bonchev–Trinajstić information content (AvgIpc) is 3.48. The van der Waals surface area contributed by atoms with Crippen LogP contribution in [0.3, 0.4) is 0 Å². The van der Waals surface area contributed by atoms with Crippen LogP contribution in [0, 0.1) is 11.9 Å².